The number of nitrogens with zero attached hydrogens (tertiary/aromatic N) is 2. The van der Waals surface area contributed by atoms with Crippen molar-refractivity contribution >= 4 is 34.9 Å². The molecule has 0 unspecified atom stereocenters. The third-order valence-electron chi connectivity index (χ3n) is 4.69. The highest BCUT2D eigenvalue weighted by molar-refractivity contribution is 8.18. The zero-order valence-electron chi connectivity index (χ0n) is 16.3. The van der Waals surface area contributed by atoms with Gasteiger partial charge in [0.2, 0.25) is 0 Å². The quantitative estimate of drug-likeness (QED) is 0.592. The van der Waals surface area contributed by atoms with E-state index in [2.05, 4.69) is 5.32 Å². The molecular weight excluding hydrogens is 417 g/mol. The lowest BCUT2D eigenvalue weighted by Gasteiger charge is -2.13. The summed E-state index contributed by atoms with van der Waals surface area (Å²) in [5, 5.41) is 2.33. The van der Waals surface area contributed by atoms with Gasteiger partial charge < -0.3 is 9.88 Å². The van der Waals surface area contributed by atoms with Crippen molar-refractivity contribution in [3.8, 4) is 5.69 Å². The molecule has 1 saturated heterocycles. The fourth-order valence-corrected chi connectivity index (χ4v) is 3.94. The van der Waals surface area contributed by atoms with Gasteiger partial charge >= 0.3 is 0 Å². The van der Waals surface area contributed by atoms with Crippen molar-refractivity contribution in [2.75, 3.05) is 13.1 Å². The molecule has 0 spiro atoms. The average Bonchev–Trinajstić information content (AvgIpc) is 3.40. The molecule has 1 N–H and O–H groups in total. The van der Waals surface area contributed by atoms with Crippen LogP contribution < -0.4 is 5.32 Å². The molecule has 1 fully saturated rings. The van der Waals surface area contributed by atoms with Gasteiger partial charge in [-0.1, -0.05) is 12.1 Å². The summed E-state index contributed by atoms with van der Waals surface area (Å²) < 4.78 is 15.0. The lowest BCUT2D eigenvalue weighted by molar-refractivity contribution is -0.122. The van der Waals surface area contributed by atoms with Gasteiger partial charge in [0, 0.05) is 36.7 Å². The van der Waals surface area contributed by atoms with Crippen LogP contribution in [0.3, 0.4) is 0 Å². The Bertz CT molecular complexity index is 1140. The van der Waals surface area contributed by atoms with Gasteiger partial charge in [0.05, 0.1) is 4.91 Å². The standard InChI is InChI=1S/C23H18FN3O3S/c24-18-7-3-16(4-8-18)15-20-22(29)27(23(30)31-20)14-11-25-21(28)17-5-9-19(10-6-17)26-12-1-2-13-26/h1-10,12-13,15H,11,14H2,(H,25,28)/b20-15-. The van der Waals surface area contributed by atoms with E-state index < -0.39 is 11.1 Å². The number of aromatic nitrogens is 1. The molecule has 3 amide bonds. The number of rotatable bonds is 6. The van der Waals surface area contributed by atoms with Gasteiger partial charge in [-0.15, -0.1) is 0 Å². The molecule has 0 radical (unpaired) electrons. The van der Waals surface area contributed by atoms with Crippen LogP contribution in [0.25, 0.3) is 11.8 Å². The van der Waals surface area contributed by atoms with Gasteiger partial charge in [0.15, 0.2) is 0 Å². The lowest BCUT2D eigenvalue weighted by atomic mass is 10.2. The maximum atomic E-state index is 13.0. The average molecular weight is 435 g/mol. The van der Waals surface area contributed by atoms with E-state index in [-0.39, 0.29) is 29.7 Å². The van der Waals surface area contributed by atoms with Crippen molar-refractivity contribution < 1.29 is 18.8 Å². The molecule has 0 bridgehead atoms. The summed E-state index contributed by atoms with van der Waals surface area (Å²) in [7, 11) is 0. The molecule has 2 aromatic carbocycles. The highest BCUT2D eigenvalue weighted by atomic mass is 32.2. The van der Waals surface area contributed by atoms with Crippen LogP contribution in [0, 0.1) is 5.82 Å². The Morgan fingerprint density at radius 1 is 1.00 bits per heavy atom. The molecule has 1 aliphatic rings. The molecule has 0 aliphatic carbocycles. The van der Waals surface area contributed by atoms with Crippen LogP contribution in [0.2, 0.25) is 0 Å². The first-order chi connectivity index (χ1) is 15.0. The summed E-state index contributed by atoms with van der Waals surface area (Å²) >= 11 is 0.826. The van der Waals surface area contributed by atoms with Gasteiger partial charge in [0.1, 0.15) is 5.82 Å². The van der Waals surface area contributed by atoms with Crippen LogP contribution in [0.1, 0.15) is 15.9 Å². The number of nitrogens with one attached hydrogen (secondary N) is 1. The van der Waals surface area contributed by atoms with Gasteiger partial charge in [-0.2, -0.15) is 0 Å². The molecule has 31 heavy (non-hydrogen) atoms. The SMILES string of the molecule is O=C(NCCN1C(=O)S/C(=C\c2ccc(F)cc2)C1=O)c1ccc(-n2cccc2)cc1. The van der Waals surface area contributed by atoms with E-state index in [4.69, 9.17) is 0 Å². The second-order valence-electron chi connectivity index (χ2n) is 6.78. The van der Waals surface area contributed by atoms with Crippen molar-refractivity contribution in [2.24, 2.45) is 0 Å². The number of imide groups is 1. The minimum atomic E-state index is -0.426. The van der Waals surface area contributed by atoms with E-state index in [1.807, 2.05) is 41.2 Å². The topological polar surface area (TPSA) is 71.4 Å². The molecule has 1 aromatic heterocycles. The summed E-state index contributed by atoms with van der Waals surface area (Å²) in [6.07, 6.45) is 5.38. The minimum Gasteiger partial charge on any atom is -0.350 e. The Kier molecular flexibility index (Phi) is 5.99. The Morgan fingerprint density at radius 2 is 1.68 bits per heavy atom. The maximum Gasteiger partial charge on any atom is 0.293 e. The first-order valence-electron chi connectivity index (χ1n) is 9.54. The number of halogens is 1. The summed E-state index contributed by atoms with van der Waals surface area (Å²) in [4.78, 5) is 38.4. The summed E-state index contributed by atoms with van der Waals surface area (Å²) in [6, 6.07) is 16.6. The number of hydrogen-bond donors (Lipinski definition) is 1. The van der Waals surface area contributed by atoms with Crippen molar-refractivity contribution in [2.45, 2.75) is 0 Å². The third-order valence-corrected chi connectivity index (χ3v) is 5.60. The van der Waals surface area contributed by atoms with E-state index in [1.165, 1.54) is 24.3 Å². The van der Waals surface area contributed by atoms with Gasteiger partial charge in [-0.05, 0) is 71.9 Å². The molecule has 2 heterocycles. The molecular formula is C23H18FN3O3S. The molecule has 3 aromatic rings. The van der Waals surface area contributed by atoms with E-state index >= 15 is 0 Å². The number of hydrogen-bond acceptors (Lipinski definition) is 4. The number of carbonyl (C=O) groups excluding carboxylic acids is 3. The summed E-state index contributed by atoms with van der Waals surface area (Å²) in [6.45, 7) is 0.207. The molecule has 0 atom stereocenters. The summed E-state index contributed by atoms with van der Waals surface area (Å²) in [5.41, 5.74) is 2.05. The Balaban J connectivity index is 1.32. The van der Waals surface area contributed by atoms with E-state index in [0.29, 0.717) is 11.1 Å². The Morgan fingerprint density at radius 3 is 2.35 bits per heavy atom. The monoisotopic (exact) mass is 435 g/mol. The number of carbonyl (C=O) groups is 3. The predicted octanol–water partition coefficient (Wildman–Crippen LogP) is 4.08. The van der Waals surface area contributed by atoms with Crippen LogP contribution in [0.15, 0.2) is 78.0 Å². The maximum absolute atomic E-state index is 13.0. The second-order valence-corrected chi connectivity index (χ2v) is 7.77. The summed E-state index contributed by atoms with van der Waals surface area (Å²) in [5.74, 6) is -1.09. The first-order valence-corrected chi connectivity index (χ1v) is 10.4. The Labute approximate surface area is 182 Å². The van der Waals surface area contributed by atoms with Crippen molar-refractivity contribution in [1.82, 2.24) is 14.8 Å². The van der Waals surface area contributed by atoms with Gasteiger partial charge in [0.25, 0.3) is 17.1 Å². The Hall–Kier alpha value is -3.65. The zero-order valence-corrected chi connectivity index (χ0v) is 17.1. The first kappa shape index (κ1) is 20.6. The van der Waals surface area contributed by atoms with Crippen LogP contribution in [0.4, 0.5) is 9.18 Å². The highest BCUT2D eigenvalue weighted by Crippen LogP contribution is 2.31. The number of thioether (sulfide) groups is 1. The molecule has 0 saturated carbocycles. The lowest BCUT2D eigenvalue weighted by Crippen LogP contribution is -2.37. The second kappa shape index (κ2) is 9.01. The number of amides is 3. The van der Waals surface area contributed by atoms with Gasteiger partial charge in [-0.25, -0.2) is 4.39 Å². The molecule has 1 aliphatic heterocycles. The fourth-order valence-electron chi connectivity index (χ4n) is 3.08. The minimum absolute atomic E-state index is 0.0681. The smallest absolute Gasteiger partial charge is 0.293 e. The predicted molar refractivity (Wildman–Crippen MR) is 117 cm³/mol. The van der Waals surface area contributed by atoms with Crippen molar-refractivity contribution in [1.29, 1.82) is 0 Å². The third kappa shape index (κ3) is 4.75. The molecule has 156 valence electrons. The van der Waals surface area contributed by atoms with Crippen LogP contribution >= 0.6 is 11.8 Å². The normalized spacial score (nSPS) is 15.0. The van der Waals surface area contributed by atoms with Crippen molar-refractivity contribution in [3.63, 3.8) is 0 Å². The molecule has 8 heteroatoms. The van der Waals surface area contributed by atoms with E-state index in [9.17, 15) is 18.8 Å². The number of benzene rings is 2. The zero-order chi connectivity index (χ0) is 21.8. The van der Waals surface area contributed by atoms with E-state index in [1.54, 1.807) is 18.2 Å². The van der Waals surface area contributed by atoms with Crippen LogP contribution in [0.5, 0.6) is 0 Å². The van der Waals surface area contributed by atoms with Gasteiger partial charge in [-0.3, -0.25) is 19.3 Å². The fraction of sp³-hybridized carbons (Fsp3) is 0.0870. The largest absolute Gasteiger partial charge is 0.350 e. The molecule has 6 nitrogen and oxygen atoms in total. The molecule has 4 rings (SSSR count). The van der Waals surface area contributed by atoms with Crippen LogP contribution in [-0.4, -0.2) is 39.6 Å². The van der Waals surface area contributed by atoms with Crippen LogP contribution in [-0.2, 0) is 4.79 Å². The highest BCUT2D eigenvalue weighted by Gasteiger charge is 2.34. The van der Waals surface area contributed by atoms with E-state index in [0.717, 1.165) is 22.3 Å². The van der Waals surface area contributed by atoms with Crippen molar-refractivity contribution in [3.05, 3.63) is 94.9 Å².